The first-order chi connectivity index (χ1) is 12.7. The highest BCUT2D eigenvalue weighted by Gasteiger charge is 2.23. The highest BCUT2D eigenvalue weighted by molar-refractivity contribution is 5.76. The van der Waals surface area contributed by atoms with Gasteiger partial charge in [0, 0.05) is 25.6 Å². The average Bonchev–Trinajstić information content (AvgIpc) is 2.68. The molecule has 0 spiro atoms. The van der Waals surface area contributed by atoms with E-state index in [1.54, 1.807) is 0 Å². The van der Waals surface area contributed by atoms with Crippen molar-refractivity contribution >= 4 is 5.91 Å². The smallest absolute Gasteiger partial charge is 0.222 e. The molecule has 0 aromatic heterocycles. The Labute approximate surface area is 157 Å². The normalized spacial score (nSPS) is 16.4. The number of nitrogens with zero attached hydrogens (tertiary/aromatic N) is 1. The Bertz CT molecular complexity index is 663. The topological polar surface area (TPSA) is 46.3 Å². The maximum atomic E-state index is 12.5. The summed E-state index contributed by atoms with van der Waals surface area (Å²) in [4.78, 5) is 14.5. The summed E-state index contributed by atoms with van der Waals surface area (Å²) < 4.78 is 0. The number of hydrogen-bond donors (Lipinski definition) is 1. The van der Waals surface area contributed by atoms with Crippen molar-refractivity contribution in [2.24, 2.45) is 11.7 Å². The van der Waals surface area contributed by atoms with Crippen LogP contribution >= 0.6 is 0 Å². The molecular formula is C23H30N2O. The molecule has 1 amide bonds. The zero-order chi connectivity index (χ0) is 18.2. The number of amides is 1. The third kappa shape index (κ3) is 5.70. The predicted molar refractivity (Wildman–Crippen MR) is 107 cm³/mol. The molecule has 1 aliphatic rings. The van der Waals surface area contributed by atoms with Crippen LogP contribution in [0.2, 0.25) is 0 Å². The Hall–Kier alpha value is -2.13. The largest absolute Gasteiger partial charge is 0.343 e. The third-order valence-electron chi connectivity index (χ3n) is 5.40. The van der Waals surface area contributed by atoms with Gasteiger partial charge in [0.1, 0.15) is 0 Å². The van der Waals surface area contributed by atoms with Crippen molar-refractivity contribution in [2.75, 3.05) is 13.1 Å². The number of carbonyl (C=O) groups excluding carboxylic acids is 1. The lowest BCUT2D eigenvalue weighted by atomic mass is 9.90. The summed E-state index contributed by atoms with van der Waals surface area (Å²) in [5.41, 5.74) is 8.87. The van der Waals surface area contributed by atoms with E-state index in [2.05, 4.69) is 42.5 Å². The van der Waals surface area contributed by atoms with Crippen LogP contribution in [0.3, 0.4) is 0 Å². The van der Waals surface area contributed by atoms with E-state index in [-0.39, 0.29) is 11.9 Å². The molecule has 3 heteroatoms. The highest BCUT2D eigenvalue weighted by atomic mass is 16.2. The van der Waals surface area contributed by atoms with Crippen molar-refractivity contribution in [3.8, 4) is 0 Å². The molecular weight excluding hydrogens is 320 g/mol. The molecule has 1 saturated heterocycles. The molecule has 2 N–H and O–H groups in total. The molecule has 0 saturated carbocycles. The van der Waals surface area contributed by atoms with E-state index in [0.29, 0.717) is 12.3 Å². The molecule has 1 fully saturated rings. The summed E-state index contributed by atoms with van der Waals surface area (Å²) in [7, 11) is 0. The fourth-order valence-electron chi connectivity index (χ4n) is 3.82. The van der Waals surface area contributed by atoms with Gasteiger partial charge in [0.25, 0.3) is 0 Å². The van der Waals surface area contributed by atoms with Crippen molar-refractivity contribution in [1.29, 1.82) is 0 Å². The van der Waals surface area contributed by atoms with E-state index in [9.17, 15) is 4.79 Å². The van der Waals surface area contributed by atoms with Crippen LogP contribution in [0.25, 0.3) is 0 Å². The highest BCUT2D eigenvalue weighted by Crippen LogP contribution is 2.22. The van der Waals surface area contributed by atoms with E-state index in [1.807, 2.05) is 23.1 Å². The number of nitrogens with two attached hydrogens (primary N) is 1. The lowest BCUT2D eigenvalue weighted by molar-refractivity contribution is -0.132. The van der Waals surface area contributed by atoms with E-state index in [4.69, 9.17) is 5.73 Å². The van der Waals surface area contributed by atoms with Gasteiger partial charge in [-0.3, -0.25) is 4.79 Å². The summed E-state index contributed by atoms with van der Waals surface area (Å²) in [6.07, 6.45) is 5.51. The van der Waals surface area contributed by atoms with Gasteiger partial charge >= 0.3 is 0 Å². The summed E-state index contributed by atoms with van der Waals surface area (Å²) in [6, 6.07) is 21.0. The van der Waals surface area contributed by atoms with Gasteiger partial charge < -0.3 is 10.6 Å². The standard InChI is InChI=1S/C23H30N2O/c24-22(18-20-9-5-2-6-10-20)11-12-23(26)25-15-13-21(14-16-25)17-19-7-3-1-4-8-19/h1-10,21-22H,11-18,24H2/t22-/m0/s1. The first-order valence-electron chi connectivity index (χ1n) is 9.82. The first-order valence-corrected chi connectivity index (χ1v) is 9.82. The molecule has 1 atom stereocenters. The first kappa shape index (κ1) is 18.7. The number of benzene rings is 2. The Kier molecular flexibility index (Phi) is 6.84. The van der Waals surface area contributed by atoms with Crippen LogP contribution in [0.4, 0.5) is 0 Å². The third-order valence-corrected chi connectivity index (χ3v) is 5.40. The molecule has 0 radical (unpaired) electrons. The second kappa shape index (κ2) is 9.54. The van der Waals surface area contributed by atoms with Gasteiger partial charge in [0.15, 0.2) is 0 Å². The van der Waals surface area contributed by atoms with Crippen LogP contribution in [0, 0.1) is 5.92 Å². The van der Waals surface area contributed by atoms with Gasteiger partial charge in [0.05, 0.1) is 0 Å². The van der Waals surface area contributed by atoms with Crippen molar-refractivity contribution in [3.05, 3.63) is 71.8 Å². The minimum atomic E-state index is 0.0527. The van der Waals surface area contributed by atoms with Gasteiger partial charge in [0.2, 0.25) is 5.91 Å². The Morgan fingerprint density at radius 2 is 1.54 bits per heavy atom. The molecule has 0 bridgehead atoms. The molecule has 26 heavy (non-hydrogen) atoms. The van der Waals surface area contributed by atoms with E-state index in [0.717, 1.165) is 45.2 Å². The van der Waals surface area contributed by atoms with Gasteiger partial charge in [-0.2, -0.15) is 0 Å². The molecule has 1 aliphatic heterocycles. The van der Waals surface area contributed by atoms with Gasteiger partial charge in [-0.15, -0.1) is 0 Å². The Morgan fingerprint density at radius 1 is 0.962 bits per heavy atom. The van der Waals surface area contributed by atoms with Crippen LogP contribution in [0.15, 0.2) is 60.7 Å². The van der Waals surface area contributed by atoms with Crippen LogP contribution in [-0.4, -0.2) is 29.9 Å². The Morgan fingerprint density at radius 3 is 2.15 bits per heavy atom. The fraction of sp³-hybridized carbons (Fsp3) is 0.435. The zero-order valence-electron chi connectivity index (χ0n) is 15.5. The second-order valence-electron chi connectivity index (χ2n) is 7.50. The van der Waals surface area contributed by atoms with Crippen LogP contribution in [0.5, 0.6) is 0 Å². The van der Waals surface area contributed by atoms with E-state index < -0.39 is 0 Å². The molecule has 3 nitrogen and oxygen atoms in total. The number of rotatable bonds is 7. The number of hydrogen-bond acceptors (Lipinski definition) is 2. The maximum absolute atomic E-state index is 12.5. The summed E-state index contributed by atoms with van der Waals surface area (Å²) in [6.45, 7) is 1.79. The minimum absolute atomic E-state index is 0.0527. The molecule has 3 rings (SSSR count). The van der Waals surface area contributed by atoms with E-state index in [1.165, 1.54) is 11.1 Å². The number of piperidine rings is 1. The maximum Gasteiger partial charge on any atom is 0.222 e. The van der Waals surface area contributed by atoms with Gasteiger partial charge in [-0.25, -0.2) is 0 Å². The van der Waals surface area contributed by atoms with Crippen molar-refractivity contribution < 1.29 is 4.79 Å². The van der Waals surface area contributed by atoms with Crippen LogP contribution in [-0.2, 0) is 17.6 Å². The van der Waals surface area contributed by atoms with Gasteiger partial charge in [-0.05, 0) is 49.1 Å². The number of carbonyl (C=O) groups is 1. The SMILES string of the molecule is N[C@@H](CCC(=O)N1CCC(Cc2ccccc2)CC1)Cc1ccccc1. The fourth-order valence-corrected chi connectivity index (χ4v) is 3.82. The zero-order valence-corrected chi connectivity index (χ0v) is 15.5. The molecule has 138 valence electrons. The predicted octanol–water partition coefficient (Wildman–Crippen LogP) is 3.82. The van der Waals surface area contributed by atoms with Crippen LogP contribution < -0.4 is 5.73 Å². The molecule has 2 aromatic rings. The van der Waals surface area contributed by atoms with Gasteiger partial charge in [-0.1, -0.05) is 60.7 Å². The lowest BCUT2D eigenvalue weighted by Crippen LogP contribution is -2.39. The molecule has 2 aromatic carbocycles. The lowest BCUT2D eigenvalue weighted by Gasteiger charge is -2.32. The van der Waals surface area contributed by atoms with Crippen molar-refractivity contribution in [3.63, 3.8) is 0 Å². The van der Waals surface area contributed by atoms with Crippen molar-refractivity contribution in [1.82, 2.24) is 4.90 Å². The monoisotopic (exact) mass is 350 g/mol. The van der Waals surface area contributed by atoms with Crippen LogP contribution in [0.1, 0.15) is 36.8 Å². The summed E-state index contributed by atoms with van der Waals surface area (Å²) in [5.74, 6) is 0.966. The molecule has 1 heterocycles. The van der Waals surface area contributed by atoms with E-state index >= 15 is 0 Å². The molecule has 0 aliphatic carbocycles. The summed E-state index contributed by atoms with van der Waals surface area (Å²) >= 11 is 0. The second-order valence-corrected chi connectivity index (χ2v) is 7.50. The Balaban J connectivity index is 1.37. The average molecular weight is 351 g/mol. The molecule has 0 unspecified atom stereocenters. The summed E-state index contributed by atoms with van der Waals surface area (Å²) in [5, 5.41) is 0. The minimum Gasteiger partial charge on any atom is -0.343 e. The van der Waals surface area contributed by atoms with Crippen molar-refractivity contribution in [2.45, 2.75) is 44.6 Å². The quantitative estimate of drug-likeness (QED) is 0.825. The number of likely N-dealkylation sites (tertiary alicyclic amines) is 1.